The molecular formula is C20H25F6N5O4. The number of nitrogens with zero attached hydrogens (tertiary/aromatic N) is 2. The van der Waals surface area contributed by atoms with Crippen LogP contribution >= 0.6 is 0 Å². The molecule has 35 heavy (non-hydrogen) atoms. The van der Waals surface area contributed by atoms with Gasteiger partial charge >= 0.3 is 18.3 Å². The Labute approximate surface area is 196 Å². The van der Waals surface area contributed by atoms with Crippen LogP contribution < -0.4 is 16.0 Å². The first kappa shape index (κ1) is 28.2. The summed E-state index contributed by atoms with van der Waals surface area (Å²) in [6, 6.07) is -3.08. The third kappa shape index (κ3) is 6.98. The summed E-state index contributed by atoms with van der Waals surface area (Å²) in [6.07, 6.45) is -10.7. The minimum Gasteiger partial charge on any atom is -0.356 e. The van der Waals surface area contributed by atoms with Gasteiger partial charge in [-0.25, -0.2) is 0 Å². The van der Waals surface area contributed by atoms with Gasteiger partial charge in [0, 0.05) is 19.0 Å². The molecule has 15 heteroatoms. The van der Waals surface area contributed by atoms with E-state index in [1.807, 2.05) is 0 Å². The Kier molecular flexibility index (Phi) is 8.61. The highest BCUT2D eigenvalue weighted by Gasteiger charge is 2.52. The quantitative estimate of drug-likeness (QED) is 0.438. The molecule has 0 bridgehead atoms. The molecule has 5 atom stereocenters. The molecule has 0 saturated carbocycles. The Hall–Kier alpha value is -3.05. The van der Waals surface area contributed by atoms with Crippen LogP contribution in [0.4, 0.5) is 26.3 Å². The number of amides is 4. The van der Waals surface area contributed by atoms with Gasteiger partial charge in [0.15, 0.2) is 0 Å². The lowest BCUT2D eigenvalue weighted by molar-refractivity contribution is -0.176. The van der Waals surface area contributed by atoms with Crippen LogP contribution in [0.2, 0.25) is 0 Å². The first-order chi connectivity index (χ1) is 16.1. The number of nitrogens with one attached hydrogen (secondary N) is 3. The largest absolute Gasteiger partial charge is 0.471 e. The van der Waals surface area contributed by atoms with Gasteiger partial charge in [0.25, 0.3) is 0 Å². The van der Waals surface area contributed by atoms with Crippen LogP contribution in [0.25, 0.3) is 0 Å². The van der Waals surface area contributed by atoms with E-state index in [1.165, 1.54) is 19.2 Å². The lowest BCUT2D eigenvalue weighted by atomic mass is 9.98. The number of likely N-dealkylation sites (tertiary alicyclic amines) is 1. The molecule has 0 radical (unpaired) electrons. The first-order valence-corrected chi connectivity index (χ1v) is 10.8. The molecule has 2 heterocycles. The van der Waals surface area contributed by atoms with Gasteiger partial charge in [0.2, 0.25) is 17.7 Å². The Bertz CT molecular complexity index is 885. The van der Waals surface area contributed by atoms with E-state index in [2.05, 4.69) is 10.6 Å². The summed E-state index contributed by atoms with van der Waals surface area (Å²) >= 11 is 0. The van der Waals surface area contributed by atoms with E-state index >= 15 is 0 Å². The Balaban J connectivity index is 2.24. The summed E-state index contributed by atoms with van der Waals surface area (Å²) in [6.45, 7) is 1.93. The number of nitriles is 1. The molecule has 2 aliphatic heterocycles. The predicted molar refractivity (Wildman–Crippen MR) is 106 cm³/mol. The first-order valence-electron chi connectivity index (χ1n) is 10.8. The number of carbonyl (C=O) groups is 4. The van der Waals surface area contributed by atoms with Crippen molar-refractivity contribution in [2.75, 3.05) is 13.1 Å². The van der Waals surface area contributed by atoms with Crippen LogP contribution in [0.15, 0.2) is 0 Å². The molecule has 196 valence electrons. The lowest BCUT2D eigenvalue weighted by Crippen LogP contribution is -2.57. The summed E-state index contributed by atoms with van der Waals surface area (Å²) in [5.74, 6) is -8.87. The number of carbonyl (C=O) groups excluding carboxylic acids is 4. The van der Waals surface area contributed by atoms with E-state index in [9.17, 15) is 50.8 Å². The number of alkyl halides is 6. The fraction of sp³-hybridized carbons (Fsp3) is 0.750. The van der Waals surface area contributed by atoms with Crippen molar-refractivity contribution >= 4 is 23.6 Å². The van der Waals surface area contributed by atoms with Gasteiger partial charge < -0.3 is 20.9 Å². The molecule has 2 fully saturated rings. The van der Waals surface area contributed by atoms with Crippen LogP contribution in [-0.4, -0.2) is 72.1 Å². The van der Waals surface area contributed by atoms with E-state index in [0.717, 1.165) is 0 Å². The minimum absolute atomic E-state index is 0.103. The molecule has 2 saturated heterocycles. The van der Waals surface area contributed by atoms with Crippen molar-refractivity contribution in [3.8, 4) is 6.07 Å². The molecule has 0 aliphatic carbocycles. The van der Waals surface area contributed by atoms with Crippen molar-refractivity contribution in [2.45, 2.75) is 63.6 Å². The predicted octanol–water partition coefficient (Wildman–Crippen LogP) is 1.00. The zero-order valence-corrected chi connectivity index (χ0v) is 18.8. The second kappa shape index (κ2) is 10.7. The van der Waals surface area contributed by atoms with Crippen LogP contribution in [0.1, 0.15) is 33.1 Å². The highest BCUT2D eigenvalue weighted by Crippen LogP contribution is 2.37. The van der Waals surface area contributed by atoms with Gasteiger partial charge in [-0.05, 0) is 25.2 Å². The smallest absolute Gasteiger partial charge is 0.356 e. The van der Waals surface area contributed by atoms with E-state index in [4.69, 9.17) is 0 Å². The average molecular weight is 513 g/mol. The maximum absolute atomic E-state index is 13.4. The summed E-state index contributed by atoms with van der Waals surface area (Å²) in [7, 11) is 0. The summed E-state index contributed by atoms with van der Waals surface area (Å²) in [5.41, 5.74) is 0. The second-order valence-corrected chi connectivity index (χ2v) is 8.88. The number of rotatable bonds is 7. The van der Waals surface area contributed by atoms with Crippen molar-refractivity contribution < 1.29 is 45.5 Å². The van der Waals surface area contributed by atoms with Gasteiger partial charge in [-0.15, -0.1) is 0 Å². The SMILES string of the molecule is CC(C)[C@H](NC(=O)C(F)(F)F)C(=O)N1C[C@H](C(F)(F)F)C[C@H]1C(=O)N[C@H](C#N)C[C@@H]1CCNC1=O. The number of halogens is 6. The zero-order valence-electron chi connectivity index (χ0n) is 18.8. The standard InChI is InChI=1S/C20H25F6N5O4/c1-9(2)14(30-18(35)20(24,25)26)17(34)31-8-11(19(21,22)23)6-13(31)16(33)29-12(7-27)5-10-3-4-28-15(10)32/h9-14H,3-6,8H2,1-2H3,(H,28,32)(H,29,33)(H,30,35)/t10-,11+,12-,13-,14-/m0/s1. The van der Waals surface area contributed by atoms with Crippen molar-refractivity contribution in [2.24, 2.45) is 17.8 Å². The molecule has 0 spiro atoms. The van der Waals surface area contributed by atoms with Gasteiger partial charge in [-0.3, -0.25) is 19.2 Å². The van der Waals surface area contributed by atoms with Crippen LogP contribution in [0, 0.1) is 29.1 Å². The molecule has 2 aliphatic rings. The fourth-order valence-electron chi connectivity index (χ4n) is 4.05. The molecule has 0 aromatic carbocycles. The molecule has 3 N–H and O–H groups in total. The van der Waals surface area contributed by atoms with Crippen molar-refractivity contribution in [1.29, 1.82) is 5.26 Å². The Morgan fingerprint density at radius 3 is 2.26 bits per heavy atom. The van der Waals surface area contributed by atoms with Crippen molar-refractivity contribution in [3.05, 3.63) is 0 Å². The average Bonchev–Trinajstić information content (AvgIpc) is 3.36. The number of hydrogen-bond donors (Lipinski definition) is 3. The second-order valence-electron chi connectivity index (χ2n) is 8.88. The maximum atomic E-state index is 13.4. The van der Waals surface area contributed by atoms with Crippen LogP contribution in [-0.2, 0) is 19.2 Å². The molecule has 9 nitrogen and oxygen atoms in total. The van der Waals surface area contributed by atoms with E-state index in [1.54, 1.807) is 6.07 Å². The highest BCUT2D eigenvalue weighted by molar-refractivity contribution is 5.94. The molecule has 4 amide bonds. The topological polar surface area (TPSA) is 131 Å². The van der Waals surface area contributed by atoms with E-state index < -0.39 is 78.9 Å². The molecule has 0 aromatic rings. The highest BCUT2D eigenvalue weighted by atomic mass is 19.4. The third-order valence-electron chi connectivity index (χ3n) is 5.98. The Morgan fingerprint density at radius 1 is 1.17 bits per heavy atom. The van der Waals surface area contributed by atoms with Crippen molar-refractivity contribution in [1.82, 2.24) is 20.9 Å². The monoisotopic (exact) mass is 513 g/mol. The summed E-state index contributed by atoms with van der Waals surface area (Å²) < 4.78 is 78.4. The van der Waals surface area contributed by atoms with Crippen LogP contribution in [0.5, 0.6) is 0 Å². The van der Waals surface area contributed by atoms with Gasteiger partial charge in [0.05, 0.1) is 12.0 Å². The minimum atomic E-state index is -5.34. The maximum Gasteiger partial charge on any atom is 0.471 e. The van der Waals surface area contributed by atoms with Crippen LogP contribution in [0.3, 0.4) is 0 Å². The van der Waals surface area contributed by atoms with Gasteiger partial charge in [-0.2, -0.15) is 31.6 Å². The molecule has 2 rings (SSSR count). The lowest BCUT2D eigenvalue weighted by Gasteiger charge is -2.31. The molecule has 0 unspecified atom stereocenters. The fourth-order valence-corrected chi connectivity index (χ4v) is 4.05. The van der Waals surface area contributed by atoms with E-state index in [0.29, 0.717) is 17.9 Å². The summed E-state index contributed by atoms with van der Waals surface area (Å²) in [5, 5.41) is 15.6. The summed E-state index contributed by atoms with van der Waals surface area (Å²) in [4.78, 5) is 49.4. The number of hydrogen-bond acceptors (Lipinski definition) is 5. The molecular weight excluding hydrogens is 488 g/mol. The normalized spacial score (nSPS) is 24.5. The zero-order chi connectivity index (χ0) is 26.7. The van der Waals surface area contributed by atoms with E-state index in [-0.39, 0.29) is 12.3 Å². The molecule has 0 aromatic heterocycles. The van der Waals surface area contributed by atoms with Crippen molar-refractivity contribution in [3.63, 3.8) is 0 Å². The van der Waals surface area contributed by atoms with Gasteiger partial charge in [0.1, 0.15) is 18.1 Å². The Morgan fingerprint density at radius 2 is 1.80 bits per heavy atom. The third-order valence-corrected chi connectivity index (χ3v) is 5.98. The van der Waals surface area contributed by atoms with Gasteiger partial charge in [-0.1, -0.05) is 13.8 Å².